The molecule has 4 nitrogen and oxygen atoms in total. The standard InChI is InChI=1S/C15H25N3OS/c1-5-10(2)16-15(19)18-8-6-13(7-9-18)14-17-11(3)12(4)20-14/h10,13H,5-9H2,1-4H3,(H,16,19). The van der Waals surface area contributed by atoms with E-state index in [4.69, 9.17) is 0 Å². The first-order valence-corrected chi connectivity index (χ1v) is 8.32. The minimum absolute atomic E-state index is 0.0873. The van der Waals surface area contributed by atoms with E-state index in [0.717, 1.165) is 38.0 Å². The van der Waals surface area contributed by atoms with Crippen molar-refractivity contribution in [1.29, 1.82) is 0 Å². The molecular formula is C15H25N3OS. The SMILES string of the molecule is CCC(C)NC(=O)N1CCC(c2nc(C)c(C)s2)CC1. The van der Waals surface area contributed by atoms with Gasteiger partial charge in [0.15, 0.2) is 0 Å². The predicted molar refractivity (Wildman–Crippen MR) is 83.4 cm³/mol. The summed E-state index contributed by atoms with van der Waals surface area (Å²) < 4.78 is 0. The molecule has 1 aromatic rings. The van der Waals surface area contributed by atoms with Crippen molar-refractivity contribution in [2.45, 2.75) is 58.9 Å². The highest BCUT2D eigenvalue weighted by atomic mass is 32.1. The van der Waals surface area contributed by atoms with Crippen molar-refractivity contribution in [1.82, 2.24) is 15.2 Å². The fourth-order valence-electron chi connectivity index (χ4n) is 2.41. The molecule has 1 fully saturated rings. The van der Waals surface area contributed by atoms with Crippen molar-refractivity contribution >= 4 is 17.4 Å². The number of nitrogens with zero attached hydrogens (tertiary/aromatic N) is 2. The van der Waals surface area contributed by atoms with Gasteiger partial charge in [-0.15, -0.1) is 11.3 Å². The lowest BCUT2D eigenvalue weighted by atomic mass is 9.98. The Bertz CT molecular complexity index is 444. The smallest absolute Gasteiger partial charge is 0.317 e. The van der Waals surface area contributed by atoms with E-state index < -0.39 is 0 Å². The van der Waals surface area contributed by atoms with Crippen LogP contribution in [-0.4, -0.2) is 35.0 Å². The second kappa shape index (κ2) is 6.57. The molecule has 0 saturated carbocycles. The molecule has 0 aromatic carbocycles. The maximum absolute atomic E-state index is 12.1. The molecule has 0 bridgehead atoms. The van der Waals surface area contributed by atoms with Crippen molar-refractivity contribution < 1.29 is 4.79 Å². The summed E-state index contributed by atoms with van der Waals surface area (Å²) in [5.41, 5.74) is 1.15. The van der Waals surface area contributed by atoms with E-state index in [0.29, 0.717) is 5.92 Å². The van der Waals surface area contributed by atoms with E-state index in [9.17, 15) is 4.79 Å². The van der Waals surface area contributed by atoms with Crippen molar-refractivity contribution in [2.24, 2.45) is 0 Å². The van der Waals surface area contributed by atoms with Crippen LogP contribution in [0.25, 0.3) is 0 Å². The van der Waals surface area contributed by atoms with Crippen LogP contribution in [-0.2, 0) is 0 Å². The van der Waals surface area contributed by atoms with Gasteiger partial charge in [-0.2, -0.15) is 0 Å². The third-order valence-corrected chi connectivity index (χ3v) is 5.39. The Balaban J connectivity index is 1.87. The minimum Gasteiger partial charge on any atom is -0.336 e. The van der Waals surface area contributed by atoms with E-state index in [1.807, 2.05) is 23.2 Å². The van der Waals surface area contributed by atoms with E-state index in [1.54, 1.807) is 0 Å². The van der Waals surface area contributed by atoms with Gasteiger partial charge < -0.3 is 10.2 Å². The van der Waals surface area contributed by atoms with Gasteiger partial charge in [-0.05, 0) is 40.0 Å². The summed E-state index contributed by atoms with van der Waals surface area (Å²) >= 11 is 1.81. The number of piperidine rings is 1. The molecule has 0 aliphatic carbocycles. The summed E-state index contributed by atoms with van der Waals surface area (Å²) in [4.78, 5) is 20.0. The minimum atomic E-state index is 0.0873. The van der Waals surface area contributed by atoms with Crippen LogP contribution in [0.1, 0.15) is 54.6 Å². The molecule has 1 atom stereocenters. The zero-order valence-electron chi connectivity index (χ0n) is 12.9. The molecule has 1 aromatic heterocycles. The topological polar surface area (TPSA) is 45.2 Å². The molecule has 0 spiro atoms. The van der Waals surface area contributed by atoms with Gasteiger partial charge >= 0.3 is 6.03 Å². The number of likely N-dealkylation sites (tertiary alicyclic amines) is 1. The maximum Gasteiger partial charge on any atom is 0.317 e. The molecule has 0 radical (unpaired) electrons. The lowest BCUT2D eigenvalue weighted by Crippen LogP contribution is -2.46. The van der Waals surface area contributed by atoms with Crippen molar-refractivity contribution in [2.75, 3.05) is 13.1 Å². The Morgan fingerprint density at radius 1 is 1.45 bits per heavy atom. The molecule has 2 amide bonds. The largest absolute Gasteiger partial charge is 0.336 e. The van der Waals surface area contributed by atoms with Crippen LogP contribution in [0.5, 0.6) is 0 Å². The number of hydrogen-bond acceptors (Lipinski definition) is 3. The van der Waals surface area contributed by atoms with E-state index in [2.05, 4.69) is 31.1 Å². The van der Waals surface area contributed by atoms with Gasteiger partial charge in [-0.25, -0.2) is 9.78 Å². The Labute approximate surface area is 125 Å². The lowest BCUT2D eigenvalue weighted by Gasteiger charge is -2.32. The average molecular weight is 295 g/mol. The van der Waals surface area contributed by atoms with Crippen LogP contribution in [0.4, 0.5) is 4.79 Å². The molecule has 2 rings (SSSR count). The zero-order valence-corrected chi connectivity index (χ0v) is 13.7. The highest BCUT2D eigenvalue weighted by molar-refractivity contribution is 7.11. The second-order valence-corrected chi connectivity index (χ2v) is 6.95. The van der Waals surface area contributed by atoms with E-state index >= 15 is 0 Å². The van der Waals surface area contributed by atoms with Gasteiger partial charge in [0.25, 0.3) is 0 Å². The number of carbonyl (C=O) groups is 1. The van der Waals surface area contributed by atoms with Crippen LogP contribution in [0, 0.1) is 13.8 Å². The number of amides is 2. The molecule has 2 heterocycles. The molecule has 112 valence electrons. The predicted octanol–water partition coefficient (Wildman–Crippen LogP) is 3.45. The number of hydrogen-bond donors (Lipinski definition) is 1. The normalized spacial score (nSPS) is 18.1. The first kappa shape index (κ1) is 15.3. The monoisotopic (exact) mass is 295 g/mol. The summed E-state index contributed by atoms with van der Waals surface area (Å²) in [6, 6.07) is 0.341. The molecule has 1 aliphatic heterocycles. The van der Waals surface area contributed by atoms with Gasteiger partial charge in [-0.3, -0.25) is 0 Å². The Kier molecular flexibility index (Phi) is 5.02. The van der Waals surface area contributed by atoms with Crippen LogP contribution >= 0.6 is 11.3 Å². The van der Waals surface area contributed by atoms with Crippen LogP contribution in [0.15, 0.2) is 0 Å². The fourth-order valence-corrected chi connectivity index (χ4v) is 3.50. The number of thiazole rings is 1. The molecule has 1 aliphatic rings. The molecule has 1 saturated heterocycles. The van der Waals surface area contributed by atoms with Gasteiger partial charge in [0.2, 0.25) is 0 Å². The Morgan fingerprint density at radius 3 is 2.60 bits per heavy atom. The maximum atomic E-state index is 12.1. The van der Waals surface area contributed by atoms with Crippen LogP contribution in [0.3, 0.4) is 0 Å². The lowest BCUT2D eigenvalue weighted by molar-refractivity contribution is 0.178. The Hall–Kier alpha value is -1.10. The van der Waals surface area contributed by atoms with E-state index in [-0.39, 0.29) is 12.1 Å². The highest BCUT2D eigenvalue weighted by Crippen LogP contribution is 2.32. The quantitative estimate of drug-likeness (QED) is 0.928. The summed E-state index contributed by atoms with van der Waals surface area (Å²) in [6.07, 6.45) is 3.03. The number of urea groups is 1. The van der Waals surface area contributed by atoms with Crippen molar-refractivity contribution in [3.05, 3.63) is 15.6 Å². The molecule has 5 heteroatoms. The van der Waals surface area contributed by atoms with Crippen LogP contribution in [0.2, 0.25) is 0 Å². The number of aryl methyl sites for hydroxylation is 2. The summed E-state index contributed by atoms with van der Waals surface area (Å²) in [7, 11) is 0. The van der Waals surface area contributed by atoms with Gasteiger partial charge in [0.05, 0.1) is 10.7 Å². The average Bonchev–Trinajstić information content (AvgIpc) is 2.78. The summed E-state index contributed by atoms with van der Waals surface area (Å²) in [6.45, 7) is 10.0. The highest BCUT2D eigenvalue weighted by Gasteiger charge is 2.26. The summed E-state index contributed by atoms with van der Waals surface area (Å²) in [5.74, 6) is 0.528. The molecular weight excluding hydrogens is 270 g/mol. The Morgan fingerprint density at radius 2 is 2.10 bits per heavy atom. The zero-order chi connectivity index (χ0) is 14.7. The number of aromatic nitrogens is 1. The first-order chi connectivity index (χ1) is 9.51. The molecule has 1 N–H and O–H groups in total. The number of rotatable bonds is 3. The third-order valence-electron chi connectivity index (χ3n) is 4.16. The van der Waals surface area contributed by atoms with Crippen molar-refractivity contribution in [3.8, 4) is 0 Å². The second-order valence-electron chi connectivity index (χ2n) is 5.71. The van der Waals surface area contributed by atoms with Crippen molar-refractivity contribution in [3.63, 3.8) is 0 Å². The fraction of sp³-hybridized carbons (Fsp3) is 0.733. The number of nitrogens with one attached hydrogen (secondary N) is 1. The molecule has 20 heavy (non-hydrogen) atoms. The molecule has 1 unspecified atom stereocenters. The van der Waals surface area contributed by atoms with E-state index in [1.165, 1.54) is 9.88 Å². The third kappa shape index (κ3) is 3.51. The van der Waals surface area contributed by atoms with Gasteiger partial charge in [0.1, 0.15) is 0 Å². The summed E-state index contributed by atoms with van der Waals surface area (Å²) in [5, 5.41) is 4.29. The first-order valence-electron chi connectivity index (χ1n) is 7.50. The van der Waals surface area contributed by atoms with Crippen LogP contribution < -0.4 is 5.32 Å². The number of carbonyl (C=O) groups excluding carboxylic acids is 1. The van der Waals surface area contributed by atoms with Gasteiger partial charge in [-0.1, -0.05) is 6.92 Å². The van der Waals surface area contributed by atoms with Gasteiger partial charge in [0, 0.05) is 29.9 Å².